The Balaban J connectivity index is 2.16. The molecule has 0 fully saturated rings. The monoisotopic (exact) mass is 308 g/mol. The van der Waals surface area contributed by atoms with Gasteiger partial charge in [-0.15, -0.1) is 11.3 Å². The first-order valence-electron chi connectivity index (χ1n) is 5.07. The number of nitrogens with zero attached hydrogens (tertiary/aromatic N) is 1. The van der Waals surface area contributed by atoms with E-state index < -0.39 is 0 Å². The molecule has 2 nitrogen and oxygen atoms in total. The van der Waals surface area contributed by atoms with E-state index in [0.717, 1.165) is 15.3 Å². The number of halogens is 1. The highest BCUT2D eigenvalue weighted by Gasteiger charge is 2.08. The summed E-state index contributed by atoms with van der Waals surface area (Å²) in [5, 5.41) is 4.65. The lowest BCUT2D eigenvalue weighted by Gasteiger charge is -2.10. The van der Waals surface area contributed by atoms with Gasteiger partial charge in [-0.3, -0.25) is 0 Å². The lowest BCUT2D eigenvalue weighted by molar-refractivity contribution is 0.553. The van der Waals surface area contributed by atoms with Gasteiger partial charge in [0.25, 0.3) is 0 Å². The summed E-state index contributed by atoms with van der Waals surface area (Å²) < 4.78 is 1.11. The molecule has 0 aliphatic heterocycles. The lowest BCUT2D eigenvalue weighted by atomic mass is 10.3. The largest absolute Gasteiger partial charge is 0.308 e. The van der Waals surface area contributed by atoms with Crippen LogP contribution in [0.15, 0.2) is 9.98 Å². The number of rotatable bonds is 7. The van der Waals surface area contributed by atoms with E-state index in [1.165, 1.54) is 18.6 Å². The Morgan fingerprint density at radius 2 is 2.40 bits per heavy atom. The van der Waals surface area contributed by atoms with Gasteiger partial charge in [0.2, 0.25) is 0 Å². The third-order valence-corrected chi connectivity index (χ3v) is 4.45. The normalized spacial score (nSPS) is 13.0. The van der Waals surface area contributed by atoms with Crippen molar-refractivity contribution in [2.24, 2.45) is 0 Å². The second kappa shape index (κ2) is 7.65. The molecule has 5 heteroatoms. The van der Waals surface area contributed by atoms with Crippen LogP contribution in [0.4, 0.5) is 0 Å². The fourth-order valence-corrected chi connectivity index (χ4v) is 3.01. The van der Waals surface area contributed by atoms with Crippen LogP contribution < -0.4 is 5.32 Å². The number of unbranched alkanes of at least 4 members (excludes halogenated alkanes) is 1. The molecular formula is C10H17BrN2S2. The first kappa shape index (κ1) is 13.5. The maximum absolute atomic E-state index is 4.34. The summed E-state index contributed by atoms with van der Waals surface area (Å²) in [6.07, 6.45) is 6.56. The predicted octanol–water partition coefficient (Wildman–Crippen LogP) is 3.70. The molecule has 86 valence electrons. The number of thiazole rings is 1. The summed E-state index contributed by atoms with van der Waals surface area (Å²) in [5.41, 5.74) is 0. The Bertz CT molecular complexity index is 278. The van der Waals surface area contributed by atoms with Crippen LogP contribution >= 0.6 is 39.0 Å². The molecule has 15 heavy (non-hydrogen) atoms. The summed E-state index contributed by atoms with van der Waals surface area (Å²) in [6, 6.07) is 0.371. The molecule has 0 spiro atoms. The number of hydrogen-bond acceptors (Lipinski definition) is 4. The summed E-state index contributed by atoms with van der Waals surface area (Å²) >= 11 is 7.05. The molecule has 1 unspecified atom stereocenters. The average Bonchev–Trinajstić information content (AvgIpc) is 2.64. The number of aromatic nitrogens is 1. The molecule has 1 heterocycles. The van der Waals surface area contributed by atoms with Gasteiger partial charge in [0.05, 0.1) is 16.0 Å². The standard InChI is InChI=1S/C10H17BrN2S2/c1-8(10-13-7-9(11)15-10)12-5-3-4-6-14-2/h7-8,12H,3-6H2,1-2H3. The minimum Gasteiger partial charge on any atom is -0.308 e. The van der Waals surface area contributed by atoms with Crippen molar-refractivity contribution in [1.29, 1.82) is 0 Å². The van der Waals surface area contributed by atoms with Gasteiger partial charge >= 0.3 is 0 Å². The zero-order valence-electron chi connectivity index (χ0n) is 9.12. The quantitative estimate of drug-likeness (QED) is 0.777. The van der Waals surface area contributed by atoms with Gasteiger partial charge in [0, 0.05) is 0 Å². The predicted molar refractivity (Wildman–Crippen MR) is 73.8 cm³/mol. The Morgan fingerprint density at radius 1 is 1.60 bits per heavy atom. The van der Waals surface area contributed by atoms with Crippen molar-refractivity contribution < 1.29 is 0 Å². The molecule has 0 amide bonds. The van der Waals surface area contributed by atoms with Crippen LogP contribution in [0.3, 0.4) is 0 Å². The van der Waals surface area contributed by atoms with Crippen molar-refractivity contribution in [3.63, 3.8) is 0 Å². The molecule has 1 aromatic heterocycles. The summed E-state index contributed by atoms with van der Waals surface area (Å²) in [6.45, 7) is 3.25. The summed E-state index contributed by atoms with van der Waals surface area (Å²) in [4.78, 5) is 4.34. The minimum atomic E-state index is 0.371. The average molecular weight is 309 g/mol. The molecule has 1 rings (SSSR count). The highest BCUT2D eigenvalue weighted by atomic mass is 79.9. The Morgan fingerprint density at radius 3 is 3.00 bits per heavy atom. The summed E-state index contributed by atoms with van der Waals surface area (Å²) in [7, 11) is 0. The van der Waals surface area contributed by atoms with E-state index in [4.69, 9.17) is 0 Å². The molecule has 0 saturated carbocycles. The second-order valence-electron chi connectivity index (χ2n) is 3.38. The maximum atomic E-state index is 4.34. The molecule has 0 aliphatic rings. The van der Waals surface area contributed by atoms with Gasteiger partial charge in [0.1, 0.15) is 5.01 Å². The van der Waals surface area contributed by atoms with Crippen molar-refractivity contribution in [3.05, 3.63) is 15.0 Å². The summed E-state index contributed by atoms with van der Waals surface area (Å²) in [5.74, 6) is 1.26. The molecule has 0 bridgehead atoms. The van der Waals surface area contributed by atoms with Crippen LogP contribution in [0, 0.1) is 0 Å². The van der Waals surface area contributed by atoms with Crippen LogP contribution in [-0.2, 0) is 0 Å². The van der Waals surface area contributed by atoms with Crippen LogP contribution in [0.1, 0.15) is 30.8 Å². The molecule has 1 atom stereocenters. The highest BCUT2D eigenvalue weighted by molar-refractivity contribution is 9.11. The van der Waals surface area contributed by atoms with Crippen molar-refractivity contribution in [1.82, 2.24) is 10.3 Å². The molecule has 0 aromatic carbocycles. The van der Waals surface area contributed by atoms with Crippen molar-refractivity contribution in [2.45, 2.75) is 25.8 Å². The fourth-order valence-electron chi connectivity index (χ4n) is 1.24. The van der Waals surface area contributed by atoms with Gasteiger partial charge in [-0.2, -0.15) is 11.8 Å². The molecule has 0 aliphatic carbocycles. The molecular weight excluding hydrogens is 292 g/mol. The van der Waals surface area contributed by atoms with E-state index >= 15 is 0 Å². The van der Waals surface area contributed by atoms with Gasteiger partial charge in [0.15, 0.2) is 0 Å². The second-order valence-corrected chi connectivity index (χ2v) is 6.81. The first-order chi connectivity index (χ1) is 7.24. The Labute approximate surface area is 108 Å². The van der Waals surface area contributed by atoms with Gasteiger partial charge < -0.3 is 5.32 Å². The highest BCUT2D eigenvalue weighted by Crippen LogP contribution is 2.23. The SMILES string of the molecule is CSCCCCNC(C)c1ncc(Br)s1. The van der Waals surface area contributed by atoms with E-state index in [2.05, 4.69) is 39.4 Å². The van der Waals surface area contributed by atoms with Crippen LogP contribution in [0.2, 0.25) is 0 Å². The fraction of sp³-hybridized carbons (Fsp3) is 0.700. The number of nitrogens with one attached hydrogen (secondary N) is 1. The topological polar surface area (TPSA) is 24.9 Å². The van der Waals surface area contributed by atoms with Crippen LogP contribution in [0.5, 0.6) is 0 Å². The Kier molecular flexibility index (Phi) is 6.88. The molecule has 1 N–H and O–H groups in total. The van der Waals surface area contributed by atoms with E-state index in [0.29, 0.717) is 6.04 Å². The number of thioether (sulfide) groups is 1. The first-order valence-corrected chi connectivity index (χ1v) is 8.08. The van der Waals surface area contributed by atoms with E-state index in [-0.39, 0.29) is 0 Å². The Hall–Kier alpha value is 0.420. The van der Waals surface area contributed by atoms with E-state index in [9.17, 15) is 0 Å². The van der Waals surface area contributed by atoms with Crippen LogP contribution in [0.25, 0.3) is 0 Å². The molecule has 1 aromatic rings. The lowest BCUT2D eigenvalue weighted by Crippen LogP contribution is -2.19. The zero-order valence-corrected chi connectivity index (χ0v) is 12.3. The minimum absolute atomic E-state index is 0.371. The van der Waals surface area contributed by atoms with Gasteiger partial charge in [-0.1, -0.05) is 0 Å². The molecule has 0 radical (unpaired) electrons. The van der Waals surface area contributed by atoms with E-state index in [1.807, 2.05) is 18.0 Å². The smallest absolute Gasteiger partial charge is 0.110 e. The zero-order chi connectivity index (χ0) is 11.1. The molecule has 0 saturated heterocycles. The van der Waals surface area contributed by atoms with Crippen molar-refractivity contribution in [2.75, 3.05) is 18.6 Å². The van der Waals surface area contributed by atoms with Crippen molar-refractivity contribution in [3.8, 4) is 0 Å². The maximum Gasteiger partial charge on any atom is 0.110 e. The van der Waals surface area contributed by atoms with E-state index in [1.54, 1.807) is 11.3 Å². The number of hydrogen-bond donors (Lipinski definition) is 1. The third-order valence-electron chi connectivity index (χ3n) is 2.09. The van der Waals surface area contributed by atoms with Crippen molar-refractivity contribution >= 4 is 39.0 Å². The van der Waals surface area contributed by atoms with Gasteiger partial charge in [-0.25, -0.2) is 4.98 Å². The van der Waals surface area contributed by atoms with Crippen LogP contribution in [-0.4, -0.2) is 23.5 Å². The van der Waals surface area contributed by atoms with Gasteiger partial charge in [-0.05, 0) is 54.2 Å². The third kappa shape index (κ3) is 5.33.